The molecule has 7 heavy (non-hydrogen) atoms. The van der Waals surface area contributed by atoms with Gasteiger partial charge in [0.1, 0.15) is 0 Å². The normalized spacial score (nSPS) is 8.14. The van der Waals surface area contributed by atoms with Gasteiger partial charge in [-0.2, -0.15) is 0 Å². The van der Waals surface area contributed by atoms with Gasteiger partial charge < -0.3 is 5.11 Å². The molecule has 1 amide bonds. The van der Waals surface area contributed by atoms with Gasteiger partial charge in [0.05, 0.1) is 0 Å². The first-order valence-corrected chi connectivity index (χ1v) is 1.42. The Bertz CT molecular complexity index is 81.0. The Morgan fingerprint density at radius 1 is 1.86 bits per heavy atom. The predicted molar refractivity (Wildman–Crippen MR) is 19.2 cm³/mol. The van der Waals surface area contributed by atoms with Gasteiger partial charge in [-0.3, -0.25) is 4.79 Å². The van der Waals surface area contributed by atoms with Crippen LogP contribution < -0.4 is 56.5 Å². The molecular formula is C3H4KNO2. The van der Waals surface area contributed by atoms with E-state index in [1.54, 1.807) is 0 Å². The number of carbonyl (C=O) groups is 1. The summed E-state index contributed by atoms with van der Waals surface area (Å²) in [5.41, 5.74) is 0. The zero-order valence-corrected chi connectivity index (χ0v) is 7.46. The molecule has 0 atom stereocenters. The molecule has 0 saturated carbocycles. The summed E-state index contributed by atoms with van der Waals surface area (Å²) in [5.74, 6) is -0.454. The van der Waals surface area contributed by atoms with Crippen molar-refractivity contribution in [2.75, 3.05) is 0 Å². The molecule has 34 valence electrons. The van der Waals surface area contributed by atoms with Crippen LogP contribution in [0.1, 0.15) is 6.92 Å². The van der Waals surface area contributed by atoms with E-state index >= 15 is 0 Å². The molecule has 0 heterocycles. The van der Waals surface area contributed by atoms with Crippen molar-refractivity contribution in [1.29, 1.82) is 0 Å². The van der Waals surface area contributed by atoms with Crippen molar-refractivity contribution in [3.63, 3.8) is 0 Å². The van der Waals surface area contributed by atoms with E-state index in [2.05, 4.69) is 4.99 Å². The first kappa shape index (κ1) is 10.7. The van der Waals surface area contributed by atoms with Crippen LogP contribution in [-0.4, -0.2) is 12.3 Å². The van der Waals surface area contributed by atoms with E-state index in [4.69, 9.17) is 0 Å². The van der Waals surface area contributed by atoms with Gasteiger partial charge in [-0.15, -0.1) is 0 Å². The molecule has 0 aromatic carbocycles. The number of amides is 1. The Labute approximate surface area is 84.2 Å². The van der Waals surface area contributed by atoms with Gasteiger partial charge in [0.25, 0.3) is 0 Å². The standard InChI is InChI=1S/C3H5NO2.K/c1-3(6)4-2-5;/h2H,1H3,(H,4,5,6);/q;+1/p-1. The topological polar surface area (TPSA) is 52.5 Å². The molecule has 0 aliphatic heterocycles. The molecule has 0 radical (unpaired) electrons. The molecule has 0 fully saturated rings. The fourth-order valence-corrected chi connectivity index (χ4v) is 0.0742. The molecule has 4 heteroatoms. The third-order valence-corrected chi connectivity index (χ3v) is 0.235. The number of hydrogen-bond donors (Lipinski definition) is 0. The van der Waals surface area contributed by atoms with Gasteiger partial charge in [-0.1, -0.05) is 0 Å². The van der Waals surface area contributed by atoms with Crippen LogP contribution in [0.3, 0.4) is 0 Å². The summed E-state index contributed by atoms with van der Waals surface area (Å²) in [6.45, 7) is 1.22. The summed E-state index contributed by atoms with van der Waals surface area (Å²) < 4.78 is 0. The second-order valence-electron chi connectivity index (χ2n) is 0.754. The molecule has 0 unspecified atom stereocenters. The van der Waals surface area contributed by atoms with Gasteiger partial charge in [-0.25, -0.2) is 4.99 Å². The van der Waals surface area contributed by atoms with Crippen LogP contribution in [0.4, 0.5) is 0 Å². The summed E-state index contributed by atoms with van der Waals surface area (Å²) >= 11 is 0. The third kappa shape index (κ3) is 10.8. The maximum absolute atomic E-state index is 9.65. The molecule has 0 rings (SSSR count). The van der Waals surface area contributed by atoms with Gasteiger partial charge >= 0.3 is 51.4 Å². The second kappa shape index (κ2) is 6.78. The van der Waals surface area contributed by atoms with E-state index in [-0.39, 0.29) is 57.8 Å². The summed E-state index contributed by atoms with van der Waals surface area (Å²) in [6, 6.07) is 0. The second-order valence-corrected chi connectivity index (χ2v) is 0.754. The van der Waals surface area contributed by atoms with Crippen LogP contribution in [0.25, 0.3) is 0 Å². The Morgan fingerprint density at radius 3 is 2.29 bits per heavy atom. The molecule has 0 spiro atoms. The summed E-state index contributed by atoms with van der Waals surface area (Å²) in [7, 11) is 0. The number of nitrogens with zero attached hydrogens (tertiary/aromatic N) is 1. The molecule has 3 nitrogen and oxygen atoms in total. The third-order valence-electron chi connectivity index (χ3n) is 0.235. The van der Waals surface area contributed by atoms with E-state index in [9.17, 15) is 9.90 Å². The summed E-state index contributed by atoms with van der Waals surface area (Å²) in [5, 5.41) is 9.23. The first-order chi connectivity index (χ1) is 2.77. The predicted octanol–water partition coefficient (Wildman–Crippen LogP) is -4.07. The number of hydrogen-bond acceptors (Lipinski definition) is 2. The molecule has 0 aromatic rings. The van der Waals surface area contributed by atoms with E-state index in [1.807, 2.05) is 0 Å². The van der Waals surface area contributed by atoms with Crippen molar-refractivity contribution < 1.29 is 61.3 Å². The van der Waals surface area contributed by atoms with Crippen LogP contribution >= 0.6 is 0 Å². The SMILES string of the molecule is CC(=O)N=C[O-].[K+]. The molecule has 0 N–H and O–H groups in total. The van der Waals surface area contributed by atoms with Crippen LogP contribution in [-0.2, 0) is 4.79 Å². The minimum Gasteiger partial charge on any atom is -0.864 e. The average Bonchev–Trinajstić information content (AvgIpc) is 1.35. The zero-order valence-electron chi connectivity index (χ0n) is 4.34. The fourth-order valence-electron chi connectivity index (χ4n) is 0.0742. The molecule has 0 aliphatic rings. The Balaban J connectivity index is 0. The summed E-state index contributed by atoms with van der Waals surface area (Å²) in [6.07, 6.45) is 0.225. The Morgan fingerprint density at radius 2 is 2.29 bits per heavy atom. The van der Waals surface area contributed by atoms with Crippen molar-refractivity contribution in [3.05, 3.63) is 0 Å². The quantitative estimate of drug-likeness (QED) is 0.188. The molecule has 0 saturated heterocycles. The molecule has 0 aromatic heterocycles. The van der Waals surface area contributed by atoms with E-state index < -0.39 is 5.91 Å². The van der Waals surface area contributed by atoms with Crippen molar-refractivity contribution in [2.45, 2.75) is 6.92 Å². The molecule has 0 aliphatic carbocycles. The smallest absolute Gasteiger partial charge is 0.864 e. The number of aliphatic imine (C=N–C) groups is 1. The minimum absolute atomic E-state index is 0. The van der Waals surface area contributed by atoms with Gasteiger partial charge in [0, 0.05) is 6.92 Å². The average molecular weight is 125 g/mol. The van der Waals surface area contributed by atoms with Crippen LogP contribution in [0.2, 0.25) is 0 Å². The maximum atomic E-state index is 9.65. The van der Waals surface area contributed by atoms with Crippen molar-refractivity contribution in [1.82, 2.24) is 0 Å². The van der Waals surface area contributed by atoms with Crippen LogP contribution in [0.15, 0.2) is 4.99 Å². The Kier molecular flexibility index (Phi) is 10.4. The minimum atomic E-state index is -0.454. The first-order valence-electron chi connectivity index (χ1n) is 1.42. The van der Waals surface area contributed by atoms with Crippen LogP contribution in [0, 0.1) is 0 Å². The van der Waals surface area contributed by atoms with Crippen LogP contribution in [0.5, 0.6) is 0 Å². The monoisotopic (exact) mass is 125 g/mol. The fraction of sp³-hybridized carbons (Fsp3) is 0.333. The Hall–Kier alpha value is 0.776. The van der Waals surface area contributed by atoms with E-state index in [1.165, 1.54) is 6.92 Å². The summed E-state index contributed by atoms with van der Waals surface area (Å²) in [4.78, 5) is 12.5. The maximum Gasteiger partial charge on any atom is 1.00 e. The largest absolute Gasteiger partial charge is 1.00 e. The van der Waals surface area contributed by atoms with Crippen molar-refractivity contribution >= 4 is 12.3 Å². The van der Waals surface area contributed by atoms with Crippen molar-refractivity contribution in [3.8, 4) is 0 Å². The molecular weight excluding hydrogens is 121 g/mol. The molecule has 0 bridgehead atoms. The number of rotatable bonds is 0. The van der Waals surface area contributed by atoms with Crippen molar-refractivity contribution in [2.24, 2.45) is 4.99 Å². The van der Waals surface area contributed by atoms with Gasteiger partial charge in [0.15, 0.2) is 0 Å². The van der Waals surface area contributed by atoms with E-state index in [0.717, 1.165) is 0 Å². The number of carbonyl (C=O) groups excluding carboxylic acids is 1. The van der Waals surface area contributed by atoms with E-state index in [0.29, 0.717) is 0 Å². The van der Waals surface area contributed by atoms with Gasteiger partial charge in [0.2, 0.25) is 5.91 Å². The zero-order chi connectivity index (χ0) is 4.99. The van der Waals surface area contributed by atoms with Gasteiger partial charge in [-0.05, 0) is 6.40 Å².